The summed E-state index contributed by atoms with van der Waals surface area (Å²) >= 11 is 6.22. The lowest BCUT2D eigenvalue weighted by Crippen LogP contribution is -2.74. The predicted octanol–water partition coefficient (Wildman–Crippen LogP) is 5.77. The van der Waals surface area contributed by atoms with E-state index in [-0.39, 0.29) is 47.6 Å². The van der Waals surface area contributed by atoms with Crippen LogP contribution in [0.1, 0.15) is 97.9 Å². The molecule has 3 aliphatic rings. The fraction of sp³-hybridized carbons (Fsp3) is 0.425. The van der Waals surface area contributed by atoms with E-state index in [1.165, 1.54) is 4.90 Å². The molecule has 53 heavy (non-hydrogen) atoms. The summed E-state index contributed by atoms with van der Waals surface area (Å²) in [7, 11) is 0. The molecule has 2 fully saturated rings. The number of carbonyl (C=O) groups is 4. The van der Waals surface area contributed by atoms with Crippen LogP contribution in [-0.2, 0) is 9.59 Å². The summed E-state index contributed by atoms with van der Waals surface area (Å²) in [5.74, 6) is -0.948. The highest BCUT2D eigenvalue weighted by molar-refractivity contribution is 6.31. The number of rotatable bonds is 13. The van der Waals surface area contributed by atoms with Gasteiger partial charge in [0.15, 0.2) is 6.23 Å². The van der Waals surface area contributed by atoms with E-state index >= 15 is 0 Å². The first-order valence-corrected chi connectivity index (χ1v) is 18.3. The number of nitriles is 1. The Morgan fingerprint density at radius 2 is 1.70 bits per heavy atom. The highest BCUT2D eigenvalue weighted by Gasteiger charge is 2.64. The summed E-state index contributed by atoms with van der Waals surface area (Å²) in [5, 5.41) is 32.8. The fourth-order valence-electron chi connectivity index (χ4n) is 8.26. The Morgan fingerprint density at radius 3 is 2.36 bits per heavy atom. The SMILES string of the molecule is CC1(C)C(NC(=O)c2ccc(NCCCCCNc3cccc4c3C(O)N(C3CCC(=O)NC3=O)C4=O)cc2)C(C)(C)C1Oc1ccc(C#N)c(Cl)c1. The Morgan fingerprint density at radius 1 is 1.00 bits per heavy atom. The van der Waals surface area contributed by atoms with Gasteiger partial charge in [0, 0.05) is 70.5 Å². The molecule has 0 aromatic heterocycles. The quantitative estimate of drug-likeness (QED) is 0.108. The van der Waals surface area contributed by atoms with Crippen LogP contribution in [-0.4, -0.2) is 64.9 Å². The van der Waals surface area contributed by atoms with Crippen LogP contribution in [0.25, 0.3) is 0 Å². The minimum atomic E-state index is -1.28. The van der Waals surface area contributed by atoms with Gasteiger partial charge in [0.1, 0.15) is 24.0 Å². The van der Waals surface area contributed by atoms with Crippen LogP contribution in [0.15, 0.2) is 60.7 Å². The molecule has 2 heterocycles. The normalized spacial score (nSPS) is 22.6. The maximum Gasteiger partial charge on any atom is 0.257 e. The summed E-state index contributed by atoms with van der Waals surface area (Å²) in [6.07, 6.45) is 1.50. The van der Waals surface area contributed by atoms with Crippen molar-refractivity contribution in [1.29, 1.82) is 5.26 Å². The molecule has 5 N–H and O–H groups in total. The van der Waals surface area contributed by atoms with Gasteiger partial charge in [-0.3, -0.25) is 29.4 Å². The van der Waals surface area contributed by atoms with E-state index in [2.05, 4.69) is 55.0 Å². The number of amides is 4. The van der Waals surface area contributed by atoms with Gasteiger partial charge in [0.25, 0.3) is 11.8 Å². The molecule has 0 bridgehead atoms. The van der Waals surface area contributed by atoms with Gasteiger partial charge in [-0.1, -0.05) is 45.4 Å². The molecule has 2 aliphatic heterocycles. The van der Waals surface area contributed by atoms with Gasteiger partial charge in [-0.2, -0.15) is 5.26 Å². The van der Waals surface area contributed by atoms with Crippen molar-refractivity contribution in [2.75, 3.05) is 23.7 Å². The van der Waals surface area contributed by atoms with Gasteiger partial charge < -0.3 is 25.8 Å². The minimum absolute atomic E-state index is 0.113. The first-order chi connectivity index (χ1) is 25.2. The average molecular weight is 741 g/mol. The molecule has 1 aliphatic carbocycles. The van der Waals surface area contributed by atoms with Crippen molar-refractivity contribution in [2.45, 2.75) is 84.2 Å². The zero-order valence-electron chi connectivity index (χ0n) is 30.3. The zero-order chi connectivity index (χ0) is 38.1. The van der Waals surface area contributed by atoms with Gasteiger partial charge in [-0.05, 0) is 74.2 Å². The number of nitrogens with zero attached hydrogens (tertiary/aromatic N) is 2. The molecule has 2 unspecified atom stereocenters. The number of hydrogen-bond donors (Lipinski definition) is 5. The van der Waals surface area contributed by atoms with Crippen molar-refractivity contribution >= 4 is 46.6 Å². The number of unbranched alkanes of at least 4 members (excludes halogenated alkanes) is 2. The number of aliphatic hydroxyl groups excluding tert-OH is 1. The van der Waals surface area contributed by atoms with Gasteiger partial charge in [0.2, 0.25) is 11.8 Å². The van der Waals surface area contributed by atoms with Gasteiger partial charge in [0.05, 0.1) is 10.6 Å². The van der Waals surface area contributed by atoms with Crippen molar-refractivity contribution in [3.8, 4) is 11.8 Å². The molecule has 3 aromatic carbocycles. The lowest BCUT2D eigenvalue weighted by molar-refractivity contribution is -0.164. The maximum atomic E-state index is 13.3. The number of nitrogens with one attached hydrogen (secondary N) is 4. The largest absolute Gasteiger partial charge is 0.489 e. The van der Waals surface area contributed by atoms with E-state index in [4.69, 9.17) is 16.3 Å². The Hall–Kier alpha value is -5.12. The number of halogens is 1. The summed E-state index contributed by atoms with van der Waals surface area (Å²) in [6.45, 7) is 9.66. The third-order valence-corrected chi connectivity index (χ3v) is 11.0. The number of hydrogen-bond acceptors (Lipinski definition) is 9. The molecule has 12 nitrogen and oxygen atoms in total. The lowest BCUT2D eigenvalue weighted by atomic mass is 9.49. The van der Waals surface area contributed by atoms with Crippen molar-refractivity contribution in [2.24, 2.45) is 10.8 Å². The number of benzene rings is 3. The first kappa shape index (κ1) is 37.6. The van der Waals surface area contributed by atoms with Crippen LogP contribution in [0.3, 0.4) is 0 Å². The van der Waals surface area contributed by atoms with Crippen molar-refractivity contribution in [3.05, 3.63) is 87.9 Å². The van der Waals surface area contributed by atoms with Crippen LogP contribution in [0.4, 0.5) is 11.4 Å². The molecular formula is C40H45ClN6O6. The predicted molar refractivity (Wildman–Crippen MR) is 200 cm³/mol. The molecule has 13 heteroatoms. The van der Waals surface area contributed by atoms with E-state index in [9.17, 15) is 29.5 Å². The molecule has 0 spiro atoms. The highest BCUT2D eigenvalue weighted by atomic mass is 35.5. The smallest absolute Gasteiger partial charge is 0.257 e. The van der Waals surface area contributed by atoms with E-state index in [1.54, 1.807) is 30.3 Å². The van der Waals surface area contributed by atoms with E-state index in [0.717, 1.165) is 31.5 Å². The second-order valence-electron chi connectivity index (χ2n) is 15.1. The average Bonchev–Trinajstić information content (AvgIpc) is 3.38. The van der Waals surface area contributed by atoms with Crippen molar-refractivity contribution in [1.82, 2.24) is 15.5 Å². The molecule has 4 amide bonds. The van der Waals surface area contributed by atoms with E-state index in [0.29, 0.717) is 45.3 Å². The third kappa shape index (κ3) is 7.41. The summed E-state index contributed by atoms with van der Waals surface area (Å²) in [4.78, 5) is 51.6. The van der Waals surface area contributed by atoms with Gasteiger partial charge >= 0.3 is 0 Å². The Bertz CT molecular complexity index is 1940. The monoisotopic (exact) mass is 740 g/mol. The van der Waals surface area contributed by atoms with Crippen LogP contribution >= 0.6 is 11.6 Å². The van der Waals surface area contributed by atoms with Crippen molar-refractivity contribution < 1.29 is 29.0 Å². The standard InChI is InChI=1S/C40H45ClN6O6/c1-39(2)37(40(3,4)38(39)53-26-16-13-24(22-42)28(41)21-26)46-33(49)23-11-14-25(15-12-23)43-19-6-5-7-20-44-29-10-8-9-27-32(29)36(52)47(35(27)51)30-17-18-31(48)45-34(30)50/h8-16,21,30,36-38,43-44,52H,5-7,17-20H2,1-4H3,(H,46,49)(H,45,48,50). The number of ether oxygens (including phenoxy) is 1. The molecule has 278 valence electrons. The Labute approximate surface area is 314 Å². The highest BCUT2D eigenvalue weighted by Crippen LogP contribution is 2.55. The maximum absolute atomic E-state index is 13.3. The zero-order valence-corrected chi connectivity index (χ0v) is 31.0. The fourth-order valence-corrected chi connectivity index (χ4v) is 8.48. The summed E-state index contributed by atoms with van der Waals surface area (Å²) in [6, 6.07) is 18.7. The van der Waals surface area contributed by atoms with Gasteiger partial charge in [-0.15, -0.1) is 0 Å². The topological polar surface area (TPSA) is 173 Å². The molecule has 3 aromatic rings. The van der Waals surface area contributed by atoms with Crippen LogP contribution in [0.2, 0.25) is 5.02 Å². The van der Waals surface area contributed by atoms with Crippen LogP contribution in [0.5, 0.6) is 5.75 Å². The minimum Gasteiger partial charge on any atom is -0.489 e. The van der Waals surface area contributed by atoms with E-state index in [1.807, 2.05) is 30.3 Å². The van der Waals surface area contributed by atoms with Crippen molar-refractivity contribution in [3.63, 3.8) is 0 Å². The second kappa shape index (κ2) is 15.1. The summed E-state index contributed by atoms with van der Waals surface area (Å²) < 4.78 is 6.34. The van der Waals surface area contributed by atoms with Crippen LogP contribution in [0, 0.1) is 22.2 Å². The summed E-state index contributed by atoms with van der Waals surface area (Å²) in [5.41, 5.74) is 2.58. The molecular weight excluding hydrogens is 696 g/mol. The molecule has 1 saturated heterocycles. The molecule has 1 saturated carbocycles. The first-order valence-electron chi connectivity index (χ1n) is 18.0. The number of carbonyl (C=O) groups excluding carboxylic acids is 4. The third-order valence-electron chi connectivity index (χ3n) is 10.7. The van der Waals surface area contributed by atoms with Gasteiger partial charge in [-0.25, -0.2) is 0 Å². The second-order valence-corrected chi connectivity index (χ2v) is 15.5. The number of imide groups is 1. The Kier molecular flexibility index (Phi) is 10.7. The number of anilines is 2. The Balaban J connectivity index is 0.928. The van der Waals surface area contributed by atoms with E-state index < -0.39 is 24.1 Å². The molecule has 0 radical (unpaired) electrons. The number of piperidine rings is 1. The number of aliphatic hydroxyl groups is 1. The molecule has 2 atom stereocenters. The van der Waals surface area contributed by atoms with Crippen LogP contribution < -0.4 is 26.0 Å². The molecule has 6 rings (SSSR count). The lowest BCUT2D eigenvalue weighted by Gasteiger charge is -2.63. The number of fused-ring (bicyclic) bond motifs is 1.